The van der Waals surface area contributed by atoms with Crippen molar-refractivity contribution in [3.63, 3.8) is 0 Å². The monoisotopic (exact) mass is 246 g/mol. The average Bonchev–Trinajstić information content (AvgIpc) is 3.12. The molecule has 1 unspecified atom stereocenters. The Morgan fingerprint density at radius 2 is 1.83 bits per heavy atom. The first-order valence-electron chi connectivity index (χ1n) is 7.02. The highest BCUT2D eigenvalue weighted by Gasteiger charge is 2.38. The highest BCUT2D eigenvalue weighted by molar-refractivity contribution is 5.15. The van der Waals surface area contributed by atoms with Gasteiger partial charge in [-0.2, -0.15) is 0 Å². The summed E-state index contributed by atoms with van der Waals surface area (Å²) >= 11 is 0. The molecule has 2 rings (SSSR count). The molecular weight excluding hydrogens is 220 g/mol. The fourth-order valence-electron chi connectivity index (χ4n) is 2.68. The molecule has 0 aliphatic heterocycles. The summed E-state index contributed by atoms with van der Waals surface area (Å²) in [5.74, 6) is 0. The third-order valence-corrected chi connectivity index (χ3v) is 3.85. The summed E-state index contributed by atoms with van der Waals surface area (Å²) in [6.45, 7) is 8.66. The Morgan fingerprint density at radius 1 is 1.22 bits per heavy atom. The topological polar surface area (TPSA) is 29.3 Å². The maximum Gasteiger partial charge on any atom is 0.0273 e. The van der Waals surface area contributed by atoms with Gasteiger partial charge in [-0.05, 0) is 23.8 Å². The summed E-state index contributed by atoms with van der Waals surface area (Å²) in [6, 6.07) is 12.0. The molecule has 1 atom stereocenters. The Morgan fingerprint density at radius 3 is 2.28 bits per heavy atom. The predicted molar refractivity (Wildman–Crippen MR) is 77.3 cm³/mol. The minimum atomic E-state index is 0.242. The summed E-state index contributed by atoms with van der Waals surface area (Å²) < 4.78 is 0. The first-order valence-corrected chi connectivity index (χ1v) is 7.02. The van der Waals surface area contributed by atoms with Gasteiger partial charge < -0.3 is 5.73 Å². The van der Waals surface area contributed by atoms with Crippen molar-refractivity contribution in [3.05, 3.63) is 35.9 Å². The van der Waals surface area contributed by atoms with Crippen molar-refractivity contribution in [2.45, 2.75) is 52.2 Å². The van der Waals surface area contributed by atoms with Crippen LogP contribution in [0.1, 0.15) is 39.2 Å². The number of hydrogen-bond donors (Lipinski definition) is 1. The van der Waals surface area contributed by atoms with Gasteiger partial charge in [0.15, 0.2) is 0 Å². The second-order valence-corrected chi connectivity index (χ2v) is 6.51. The van der Waals surface area contributed by atoms with Crippen LogP contribution in [-0.2, 0) is 6.54 Å². The van der Waals surface area contributed by atoms with Gasteiger partial charge in [-0.1, -0.05) is 51.1 Å². The van der Waals surface area contributed by atoms with E-state index in [9.17, 15) is 0 Å². The molecule has 0 heterocycles. The highest BCUT2D eigenvalue weighted by atomic mass is 15.2. The largest absolute Gasteiger partial charge is 0.329 e. The van der Waals surface area contributed by atoms with E-state index in [1.54, 1.807) is 0 Å². The quantitative estimate of drug-likeness (QED) is 0.865. The van der Waals surface area contributed by atoms with Crippen LogP contribution in [0.2, 0.25) is 0 Å². The molecule has 0 saturated heterocycles. The van der Waals surface area contributed by atoms with E-state index in [-0.39, 0.29) is 5.41 Å². The molecule has 1 fully saturated rings. The van der Waals surface area contributed by atoms with Crippen molar-refractivity contribution >= 4 is 0 Å². The lowest BCUT2D eigenvalue weighted by Crippen LogP contribution is -2.49. The average molecular weight is 246 g/mol. The van der Waals surface area contributed by atoms with Gasteiger partial charge in [0.25, 0.3) is 0 Å². The maximum atomic E-state index is 6.04. The molecule has 1 aliphatic rings. The van der Waals surface area contributed by atoms with Crippen molar-refractivity contribution in [2.75, 3.05) is 6.54 Å². The van der Waals surface area contributed by atoms with Gasteiger partial charge in [-0.15, -0.1) is 0 Å². The molecule has 2 nitrogen and oxygen atoms in total. The zero-order chi connectivity index (χ0) is 13.2. The van der Waals surface area contributed by atoms with Crippen LogP contribution < -0.4 is 5.73 Å². The second-order valence-electron chi connectivity index (χ2n) is 6.51. The molecule has 2 heteroatoms. The number of rotatable bonds is 5. The molecule has 0 bridgehead atoms. The molecule has 2 N–H and O–H groups in total. The molecule has 18 heavy (non-hydrogen) atoms. The minimum Gasteiger partial charge on any atom is -0.329 e. The number of nitrogens with zero attached hydrogens (tertiary/aromatic N) is 1. The summed E-state index contributed by atoms with van der Waals surface area (Å²) in [7, 11) is 0. The van der Waals surface area contributed by atoms with Crippen LogP contribution in [0.15, 0.2) is 30.3 Å². The van der Waals surface area contributed by atoms with E-state index in [4.69, 9.17) is 5.73 Å². The zero-order valence-corrected chi connectivity index (χ0v) is 11.9. The van der Waals surface area contributed by atoms with Gasteiger partial charge >= 0.3 is 0 Å². The molecular formula is C16H26N2. The Hall–Kier alpha value is -0.860. The fourth-order valence-corrected chi connectivity index (χ4v) is 2.68. The summed E-state index contributed by atoms with van der Waals surface area (Å²) in [5.41, 5.74) is 7.68. The summed E-state index contributed by atoms with van der Waals surface area (Å²) in [6.07, 6.45) is 2.67. The van der Waals surface area contributed by atoms with E-state index in [0.717, 1.165) is 19.1 Å². The number of benzene rings is 1. The Bertz CT molecular complexity index is 362. The SMILES string of the molecule is CC(C)(C)C(CN)N(Cc1ccccc1)C1CC1. The van der Waals surface area contributed by atoms with E-state index < -0.39 is 0 Å². The lowest BCUT2D eigenvalue weighted by molar-refractivity contribution is 0.0896. The third-order valence-electron chi connectivity index (χ3n) is 3.85. The Balaban J connectivity index is 2.13. The van der Waals surface area contributed by atoms with Crippen LogP contribution >= 0.6 is 0 Å². The molecule has 0 spiro atoms. The van der Waals surface area contributed by atoms with Gasteiger partial charge in [-0.3, -0.25) is 4.90 Å². The standard InChI is InChI=1S/C16H26N2/c1-16(2,3)15(11-17)18(14-9-10-14)12-13-7-5-4-6-8-13/h4-8,14-15H,9-12,17H2,1-3H3. The molecule has 0 radical (unpaired) electrons. The van der Waals surface area contributed by atoms with Crippen LogP contribution in [0.4, 0.5) is 0 Å². The first kappa shape index (κ1) is 13.6. The van der Waals surface area contributed by atoms with E-state index in [0.29, 0.717) is 6.04 Å². The lowest BCUT2D eigenvalue weighted by Gasteiger charge is -2.40. The van der Waals surface area contributed by atoms with E-state index in [1.165, 1.54) is 18.4 Å². The summed E-state index contributed by atoms with van der Waals surface area (Å²) in [4.78, 5) is 2.62. The highest BCUT2D eigenvalue weighted by Crippen LogP contribution is 2.35. The van der Waals surface area contributed by atoms with Crippen molar-refractivity contribution in [3.8, 4) is 0 Å². The van der Waals surface area contributed by atoms with Gasteiger partial charge in [0, 0.05) is 25.2 Å². The van der Waals surface area contributed by atoms with Crippen molar-refractivity contribution < 1.29 is 0 Å². The smallest absolute Gasteiger partial charge is 0.0273 e. The van der Waals surface area contributed by atoms with Crippen LogP contribution in [0.3, 0.4) is 0 Å². The number of nitrogens with two attached hydrogens (primary N) is 1. The maximum absolute atomic E-state index is 6.04. The fraction of sp³-hybridized carbons (Fsp3) is 0.625. The van der Waals surface area contributed by atoms with Crippen LogP contribution in [-0.4, -0.2) is 23.5 Å². The van der Waals surface area contributed by atoms with Crippen LogP contribution in [0, 0.1) is 5.41 Å². The minimum absolute atomic E-state index is 0.242. The van der Waals surface area contributed by atoms with Crippen LogP contribution in [0.25, 0.3) is 0 Å². The van der Waals surface area contributed by atoms with Gasteiger partial charge in [0.2, 0.25) is 0 Å². The first-order chi connectivity index (χ1) is 8.52. The predicted octanol–water partition coefficient (Wildman–Crippen LogP) is 3.02. The normalized spacial score (nSPS) is 18.1. The molecule has 1 aliphatic carbocycles. The van der Waals surface area contributed by atoms with Crippen LogP contribution in [0.5, 0.6) is 0 Å². The lowest BCUT2D eigenvalue weighted by atomic mass is 9.85. The Labute approximate surface area is 111 Å². The van der Waals surface area contributed by atoms with Crippen molar-refractivity contribution in [2.24, 2.45) is 11.1 Å². The van der Waals surface area contributed by atoms with Gasteiger partial charge in [-0.25, -0.2) is 0 Å². The van der Waals surface area contributed by atoms with Gasteiger partial charge in [0.05, 0.1) is 0 Å². The molecule has 0 aromatic heterocycles. The molecule has 1 aromatic carbocycles. The molecule has 0 amide bonds. The second kappa shape index (κ2) is 5.41. The molecule has 1 saturated carbocycles. The van der Waals surface area contributed by atoms with E-state index in [1.807, 2.05) is 0 Å². The van der Waals surface area contributed by atoms with Crippen molar-refractivity contribution in [1.29, 1.82) is 0 Å². The molecule has 1 aromatic rings. The van der Waals surface area contributed by atoms with Crippen molar-refractivity contribution in [1.82, 2.24) is 4.90 Å². The Kier molecular flexibility index (Phi) is 4.08. The van der Waals surface area contributed by atoms with Gasteiger partial charge in [0.1, 0.15) is 0 Å². The number of hydrogen-bond acceptors (Lipinski definition) is 2. The summed E-state index contributed by atoms with van der Waals surface area (Å²) in [5, 5.41) is 0. The third kappa shape index (κ3) is 3.33. The van der Waals surface area contributed by atoms with E-state index in [2.05, 4.69) is 56.0 Å². The zero-order valence-electron chi connectivity index (χ0n) is 11.9. The molecule has 100 valence electrons. The van der Waals surface area contributed by atoms with E-state index >= 15 is 0 Å².